The van der Waals surface area contributed by atoms with Crippen LogP contribution in [0.3, 0.4) is 0 Å². The summed E-state index contributed by atoms with van der Waals surface area (Å²) in [6.07, 6.45) is 3.12. The topological polar surface area (TPSA) is 86.1 Å². The number of aryl methyl sites for hydroxylation is 2. The molecule has 4 aromatic rings. The van der Waals surface area contributed by atoms with Gasteiger partial charge in [0.25, 0.3) is 5.91 Å². The Morgan fingerprint density at radius 3 is 2.06 bits per heavy atom. The zero-order chi connectivity index (χ0) is 24.4. The second-order valence-electron chi connectivity index (χ2n) is 7.82. The monoisotopic (exact) mass is 458 g/mol. The van der Waals surface area contributed by atoms with E-state index in [-0.39, 0.29) is 16.8 Å². The van der Waals surface area contributed by atoms with Gasteiger partial charge in [0.1, 0.15) is 16.8 Å². The quantitative estimate of drug-likeness (QED) is 0.409. The second-order valence-corrected chi connectivity index (χ2v) is 7.82. The van der Waals surface area contributed by atoms with Crippen molar-refractivity contribution in [2.45, 2.75) is 26.7 Å². The van der Waals surface area contributed by atoms with E-state index in [9.17, 15) is 14.4 Å². The van der Waals surface area contributed by atoms with Gasteiger partial charge >= 0.3 is 11.9 Å². The molecule has 174 valence electrons. The third kappa shape index (κ3) is 3.69. The molecule has 0 fully saturated rings. The molecule has 0 spiro atoms. The average molecular weight is 459 g/mol. The molecular formula is C27H26N2O5. The summed E-state index contributed by atoms with van der Waals surface area (Å²) in [5.41, 5.74) is 2.96. The Hall–Kier alpha value is -4.13. The number of aromatic nitrogens is 1. The van der Waals surface area contributed by atoms with Crippen molar-refractivity contribution in [3.05, 3.63) is 82.7 Å². The molecule has 0 radical (unpaired) electrons. The van der Waals surface area contributed by atoms with Crippen LogP contribution in [-0.4, -0.2) is 36.5 Å². The van der Waals surface area contributed by atoms with Crippen molar-refractivity contribution in [2.24, 2.45) is 0 Å². The van der Waals surface area contributed by atoms with Gasteiger partial charge in [-0.25, -0.2) is 9.59 Å². The molecule has 0 saturated heterocycles. The zero-order valence-corrected chi connectivity index (χ0v) is 19.6. The molecule has 1 N–H and O–H groups in total. The molecule has 2 aromatic carbocycles. The molecule has 2 aromatic heterocycles. The number of fused-ring (bicyclic) bond motifs is 3. The lowest BCUT2D eigenvalue weighted by Crippen LogP contribution is -2.21. The smallest absolute Gasteiger partial charge is 0.341 e. The van der Waals surface area contributed by atoms with Gasteiger partial charge in [0.2, 0.25) is 0 Å². The van der Waals surface area contributed by atoms with Crippen LogP contribution in [0.1, 0.15) is 56.2 Å². The van der Waals surface area contributed by atoms with Gasteiger partial charge in [-0.05, 0) is 35.4 Å². The molecule has 1 amide bonds. The number of hydrogen-bond acceptors (Lipinski definition) is 5. The standard InChI is InChI=1S/C27H26N2O5/c1-5-16-11-9-12-17(6-2)22(16)28-25(30)24-21(27(32)34-4)20(26(31)33-3)23-19-13-8-7-10-18(19)14-15-29(23)24/h7-15H,5-6H2,1-4H3,(H,28,30). The molecule has 7 heteroatoms. The van der Waals surface area contributed by atoms with Crippen molar-refractivity contribution in [1.29, 1.82) is 0 Å². The minimum absolute atomic E-state index is 0.00390. The van der Waals surface area contributed by atoms with Gasteiger partial charge in [0, 0.05) is 17.3 Å². The number of amides is 1. The first-order valence-electron chi connectivity index (χ1n) is 11.1. The Bertz CT molecular complexity index is 1410. The number of benzene rings is 2. The fourth-order valence-corrected chi connectivity index (χ4v) is 4.42. The zero-order valence-electron chi connectivity index (χ0n) is 19.6. The highest BCUT2D eigenvalue weighted by atomic mass is 16.5. The third-order valence-electron chi connectivity index (χ3n) is 6.06. The van der Waals surface area contributed by atoms with E-state index in [1.807, 2.05) is 62.4 Å². The molecule has 4 rings (SSSR count). The SMILES string of the molecule is CCc1cccc(CC)c1NC(=O)c1c(C(=O)OC)c(C(=O)OC)c2c3ccccc3ccn12. The first kappa shape index (κ1) is 23.0. The van der Waals surface area contributed by atoms with Crippen LogP contribution in [0.15, 0.2) is 54.7 Å². The Morgan fingerprint density at radius 2 is 1.44 bits per heavy atom. The number of ether oxygens (including phenoxy) is 2. The maximum absolute atomic E-state index is 13.8. The maximum Gasteiger partial charge on any atom is 0.341 e. The van der Waals surface area contributed by atoms with Gasteiger partial charge in [0.15, 0.2) is 0 Å². The number of pyridine rings is 1. The molecule has 2 heterocycles. The number of rotatable bonds is 6. The minimum Gasteiger partial charge on any atom is -0.465 e. The molecule has 0 unspecified atom stereocenters. The van der Waals surface area contributed by atoms with Crippen LogP contribution in [0.25, 0.3) is 16.3 Å². The van der Waals surface area contributed by atoms with Gasteiger partial charge < -0.3 is 19.2 Å². The summed E-state index contributed by atoms with van der Waals surface area (Å²) in [6.45, 7) is 4.02. The van der Waals surface area contributed by atoms with Crippen LogP contribution in [0.2, 0.25) is 0 Å². The van der Waals surface area contributed by atoms with E-state index in [1.165, 1.54) is 14.2 Å². The lowest BCUT2D eigenvalue weighted by atomic mass is 10.0. The average Bonchev–Trinajstić information content (AvgIpc) is 3.23. The van der Waals surface area contributed by atoms with E-state index in [2.05, 4.69) is 5.32 Å². The predicted molar refractivity (Wildman–Crippen MR) is 131 cm³/mol. The second kappa shape index (κ2) is 9.39. The van der Waals surface area contributed by atoms with Crippen molar-refractivity contribution >= 4 is 39.8 Å². The van der Waals surface area contributed by atoms with Crippen molar-refractivity contribution in [3.8, 4) is 0 Å². The highest BCUT2D eigenvalue weighted by Crippen LogP contribution is 2.32. The van der Waals surface area contributed by atoms with Crippen LogP contribution < -0.4 is 5.32 Å². The van der Waals surface area contributed by atoms with E-state index in [4.69, 9.17) is 9.47 Å². The van der Waals surface area contributed by atoms with Gasteiger partial charge in [-0.1, -0.05) is 56.3 Å². The fraction of sp³-hybridized carbons (Fsp3) is 0.222. The molecule has 0 aliphatic carbocycles. The summed E-state index contributed by atoms with van der Waals surface area (Å²) in [6, 6.07) is 15.1. The number of para-hydroxylation sites is 1. The van der Waals surface area contributed by atoms with Crippen LogP contribution >= 0.6 is 0 Å². The first-order chi connectivity index (χ1) is 16.5. The summed E-state index contributed by atoms with van der Waals surface area (Å²) >= 11 is 0. The maximum atomic E-state index is 13.8. The van der Waals surface area contributed by atoms with Gasteiger partial charge in [-0.15, -0.1) is 0 Å². The molecule has 0 aliphatic rings. The molecular weight excluding hydrogens is 432 g/mol. The Balaban J connectivity index is 2.05. The summed E-state index contributed by atoms with van der Waals surface area (Å²) < 4.78 is 11.6. The number of nitrogens with one attached hydrogen (secondary N) is 1. The normalized spacial score (nSPS) is 10.9. The first-order valence-corrected chi connectivity index (χ1v) is 11.1. The van der Waals surface area contributed by atoms with Crippen LogP contribution in [0.5, 0.6) is 0 Å². The molecule has 0 aliphatic heterocycles. The number of methoxy groups -OCH3 is 2. The van der Waals surface area contributed by atoms with Gasteiger partial charge in [0.05, 0.1) is 19.7 Å². The van der Waals surface area contributed by atoms with Crippen LogP contribution in [0, 0.1) is 0 Å². The van der Waals surface area contributed by atoms with Crippen molar-refractivity contribution in [2.75, 3.05) is 19.5 Å². The fourth-order valence-electron chi connectivity index (χ4n) is 4.42. The lowest BCUT2D eigenvalue weighted by molar-refractivity contribution is 0.0556. The van der Waals surface area contributed by atoms with E-state index in [0.717, 1.165) is 29.4 Å². The van der Waals surface area contributed by atoms with Gasteiger partial charge in [-0.2, -0.15) is 0 Å². The van der Waals surface area contributed by atoms with E-state index >= 15 is 0 Å². The lowest BCUT2D eigenvalue weighted by Gasteiger charge is -2.15. The number of carbonyl (C=O) groups excluding carboxylic acids is 3. The minimum atomic E-state index is -0.794. The van der Waals surface area contributed by atoms with Gasteiger partial charge in [-0.3, -0.25) is 4.79 Å². The van der Waals surface area contributed by atoms with Crippen molar-refractivity contribution < 1.29 is 23.9 Å². The Morgan fingerprint density at radius 1 is 0.824 bits per heavy atom. The molecule has 0 saturated carbocycles. The number of carbonyl (C=O) groups is 3. The predicted octanol–water partition coefficient (Wildman–Crippen LogP) is 5.04. The van der Waals surface area contributed by atoms with Crippen LogP contribution in [0.4, 0.5) is 5.69 Å². The number of nitrogens with zero attached hydrogens (tertiary/aromatic N) is 1. The van der Waals surface area contributed by atoms with E-state index < -0.39 is 17.8 Å². The van der Waals surface area contributed by atoms with Crippen molar-refractivity contribution in [1.82, 2.24) is 4.40 Å². The Kier molecular flexibility index (Phi) is 6.36. The Labute approximate surface area is 197 Å². The molecule has 0 atom stereocenters. The molecule has 34 heavy (non-hydrogen) atoms. The summed E-state index contributed by atoms with van der Waals surface area (Å²) in [4.78, 5) is 39.7. The largest absolute Gasteiger partial charge is 0.465 e. The highest BCUT2D eigenvalue weighted by molar-refractivity contribution is 6.21. The summed E-state index contributed by atoms with van der Waals surface area (Å²) in [7, 11) is 2.45. The third-order valence-corrected chi connectivity index (χ3v) is 6.06. The van der Waals surface area contributed by atoms with Crippen molar-refractivity contribution in [3.63, 3.8) is 0 Å². The number of hydrogen-bond donors (Lipinski definition) is 1. The van der Waals surface area contributed by atoms with Crippen LogP contribution in [-0.2, 0) is 22.3 Å². The summed E-state index contributed by atoms with van der Waals surface area (Å²) in [5.74, 6) is -2.04. The number of esters is 2. The summed E-state index contributed by atoms with van der Waals surface area (Å²) in [5, 5.41) is 4.57. The van der Waals surface area contributed by atoms with E-state index in [1.54, 1.807) is 10.6 Å². The van der Waals surface area contributed by atoms with E-state index in [0.29, 0.717) is 16.6 Å². The number of anilines is 1. The highest BCUT2D eigenvalue weighted by Gasteiger charge is 2.34. The molecule has 0 bridgehead atoms. The molecule has 7 nitrogen and oxygen atoms in total.